The van der Waals surface area contributed by atoms with E-state index in [0.717, 1.165) is 0 Å². The van der Waals surface area contributed by atoms with Gasteiger partial charge < -0.3 is 41.0 Å². The molecule has 5 atom stereocenters. The van der Waals surface area contributed by atoms with Crippen LogP contribution in [-0.2, 0) is 25.5 Å². The summed E-state index contributed by atoms with van der Waals surface area (Å²) in [5, 5.41) is 26.1. The summed E-state index contributed by atoms with van der Waals surface area (Å²) >= 11 is 0. The van der Waals surface area contributed by atoms with E-state index in [4.69, 9.17) is 15.2 Å². The van der Waals surface area contributed by atoms with Crippen molar-refractivity contribution in [3.8, 4) is 0 Å². The average molecular weight is 519 g/mol. The third-order valence-electron chi connectivity index (χ3n) is 6.90. The van der Waals surface area contributed by atoms with Crippen LogP contribution >= 0.6 is 0 Å². The van der Waals surface area contributed by atoms with Gasteiger partial charge in [-0.25, -0.2) is 19.7 Å². The number of ether oxygens (including phenoxy) is 2. The fourth-order valence-corrected chi connectivity index (χ4v) is 4.82. The summed E-state index contributed by atoms with van der Waals surface area (Å²) in [6, 6.07) is 0. The molecule has 3 aliphatic rings. The second-order valence-corrected chi connectivity index (χ2v) is 9.45. The summed E-state index contributed by atoms with van der Waals surface area (Å²) < 4.78 is 12.4. The van der Waals surface area contributed by atoms with Crippen LogP contribution in [0.25, 0.3) is 11.2 Å². The number of fused-ring (bicyclic) bond motifs is 1. The van der Waals surface area contributed by atoms with E-state index in [1.54, 1.807) is 11.8 Å². The topological polar surface area (TPSA) is 207 Å². The van der Waals surface area contributed by atoms with Crippen LogP contribution in [0.3, 0.4) is 0 Å². The number of hydrogen-bond donors (Lipinski definition) is 5. The van der Waals surface area contributed by atoms with Crippen LogP contribution in [0.5, 0.6) is 0 Å². The van der Waals surface area contributed by atoms with Crippen molar-refractivity contribution in [2.24, 2.45) is 5.92 Å². The molecule has 0 saturated carbocycles. The zero-order valence-electron chi connectivity index (χ0n) is 20.2. The molecule has 0 bridgehead atoms. The summed E-state index contributed by atoms with van der Waals surface area (Å²) in [6.45, 7) is 3.09. The van der Waals surface area contributed by atoms with Gasteiger partial charge in [0.05, 0.1) is 12.7 Å². The highest BCUT2D eigenvalue weighted by Crippen LogP contribution is 2.32. The molecule has 3 aliphatic heterocycles. The van der Waals surface area contributed by atoms with E-state index in [-0.39, 0.29) is 24.1 Å². The van der Waals surface area contributed by atoms with Crippen LogP contribution in [0.2, 0.25) is 0 Å². The molecule has 0 aliphatic carbocycles. The van der Waals surface area contributed by atoms with Crippen molar-refractivity contribution in [1.29, 1.82) is 0 Å². The fraction of sp³-hybridized carbons (Fsp3) is 0.636. The molecule has 3 saturated heterocycles. The van der Waals surface area contributed by atoms with Crippen molar-refractivity contribution in [2.75, 3.05) is 25.4 Å². The summed E-state index contributed by atoms with van der Waals surface area (Å²) in [7, 11) is 0. The van der Waals surface area contributed by atoms with Crippen molar-refractivity contribution in [3.05, 3.63) is 12.2 Å². The number of nitrogens with zero attached hydrogens (tertiary/aromatic N) is 5. The number of nitrogen functional groups attached to an aromatic ring is 1. The Morgan fingerprint density at radius 3 is 2.68 bits per heavy atom. The highest BCUT2D eigenvalue weighted by molar-refractivity contribution is 5.84. The smallest absolute Gasteiger partial charge is 0.411 e. The van der Waals surface area contributed by atoms with Crippen LogP contribution < -0.4 is 16.4 Å². The number of β-lactam (4-membered cyclic amide) rings is 1. The van der Waals surface area contributed by atoms with Crippen LogP contribution in [0.1, 0.15) is 38.2 Å². The number of anilines is 1. The van der Waals surface area contributed by atoms with Gasteiger partial charge in [0.1, 0.15) is 23.5 Å². The number of rotatable bonds is 6. The SMILES string of the molecule is CCNC(=O)[C@H]1O[C@@H](n2cnc3c(N)nc(CC4CCN(C(=O)OC5CC(=O)N5)CC4)nc32)C(O)C1O. The molecule has 3 fully saturated rings. The molecule has 200 valence electrons. The van der Waals surface area contributed by atoms with Gasteiger partial charge in [0, 0.05) is 26.1 Å². The summed E-state index contributed by atoms with van der Waals surface area (Å²) in [6.07, 6.45) is -2.66. The van der Waals surface area contributed by atoms with E-state index in [1.807, 2.05) is 0 Å². The second kappa shape index (κ2) is 10.1. The summed E-state index contributed by atoms with van der Waals surface area (Å²) in [4.78, 5) is 50.3. The highest BCUT2D eigenvalue weighted by atomic mass is 16.6. The lowest BCUT2D eigenvalue weighted by atomic mass is 9.93. The maximum atomic E-state index is 12.3. The molecule has 5 heterocycles. The molecular weight excluding hydrogens is 488 g/mol. The molecule has 0 spiro atoms. The van der Waals surface area contributed by atoms with Crippen LogP contribution in [0.4, 0.5) is 10.6 Å². The standard InChI is InChI=1S/C22H30N8O7/c1-2-24-20(34)17-15(32)16(33)21(37-17)30-9-25-14-18(23)26-11(27-19(14)30)7-10-3-5-29(6-4-10)22(35)36-13-8-12(31)28-13/h9-10,13,15-17,21,32-33H,2-8H2,1H3,(H,24,34)(H,28,31)(H2,23,26,27)/t13?,15?,16?,17-,21+/m0/s1. The molecule has 2 aromatic heterocycles. The Morgan fingerprint density at radius 1 is 1.27 bits per heavy atom. The van der Waals surface area contributed by atoms with Crippen molar-refractivity contribution >= 4 is 34.9 Å². The lowest BCUT2D eigenvalue weighted by molar-refractivity contribution is -0.138. The number of nitrogens with two attached hydrogens (primary N) is 1. The summed E-state index contributed by atoms with van der Waals surface area (Å²) in [5.41, 5.74) is 6.78. The Hall–Kier alpha value is -3.56. The van der Waals surface area contributed by atoms with E-state index in [9.17, 15) is 24.6 Å². The van der Waals surface area contributed by atoms with Crippen LogP contribution in [0, 0.1) is 5.92 Å². The first kappa shape index (κ1) is 25.1. The number of amides is 3. The van der Waals surface area contributed by atoms with Gasteiger partial charge in [-0.1, -0.05) is 0 Å². The van der Waals surface area contributed by atoms with Gasteiger partial charge >= 0.3 is 6.09 Å². The van der Waals surface area contributed by atoms with Crippen LogP contribution in [0.15, 0.2) is 6.33 Å². The number of likely N-dealkylation sites (N-methyl/N-ethyl adjacent to an activating group) is 1. The number of nitrogens with one attached hydrogen (secondary N) is 2. The van der Waals surface area contributed by atoms with Gasteiger partial charge in [-0.3, -0.25) is 14.2 Å². The normalized spacial score (nSPS) is 28.1. The maximum Gasteiger partial charge on any atom is 0.411 e. The zero-order valence-corrected chi connectivity index (χ0v) is 20.2. The Bertz CT molecular complexity index is 1190. The van der Waals surface area contributed by atoms with Crippen molar-refractivity contribution in [3.63, 3.8) is 0 Å². The quantitative estimate of drug-likeness (QED) is 0.275. The fourth-order valence-electron chi connectivity index (χ4n) is 4.82. The zero-order chi connectivity index (χ0) is 26.3. The average Bonchev–Trinajstić information content (AvgIpc) is 3.40. The van der Waals surface area contributed by atoms with E-state index in [2.05, 4.69) is 25.6 Å². The minimum absolute atomic E-state index is 0.138. The second-order valence-electron chi connectivity index (χ2n) is 9.45. The summed E-state index contributed by atoms with van der Waals surface area (Å²) in [5.74, 6) is 0.163. The largest absolute Gasteiger partial charge is 0.425 e. The van der Waals surface area contributed by atoms with Crippen molar-refractivity contribution in [1.82, 2.24) is 35.1 Å². The number of aromatic nitrogens is 4. The lowest BCUT2D eigenvalue weighted by Gasteiger charge is -2.34. The lowest BCUT2D eigenvalue weighted by Crippen LogP contribution is -2.53. The number of aliphatic hydroxyl groups is 2. The number of likely N-dealkylation sites (tertiary alicyclic amines) is 1. The molecule has 3 unspecified atom stereocenters. The Morgan fingerprint density at radius 2 is 2.00 bits per heavy atom. The Kier molecular flexibility index (Phi) is 6.83. The molecule has 15 nitrogen and oxygen atoms in total. The third kappa shape index (κ3) is 4.89. The van der Waals surface area contributed by atoms with Gasteiger partial charge in [-0.2, -0.15) is 0 Å². The molecule has 0 aromatic carbocycles. The number of imidazole rings is 1. The van der Waals surface area contributed by atoms with E-state index >= 15 is 0 Å². The predicted octanol–water partition coefficient (Wildman–Crippen LogP) is -1.60. The van der Waals surface area contributed by atoms with E-state index < -0.39 is 42.8 Å². The molecule has 2 aromatic rings. The molecular formula is C22H30N8O7. The molecule has 15 heteroatoms. The van der Waals surface area contributed by atoms with E-state index in [1.165, 1.54) is 10.9 Å². The molecule has 6 N–H and O–H groups in total. The van der Waals surface area contributed by atoms with Crippen LogP contribution in [-0.4, -0.2) is 96.7 Å². The minimum Gasteiger partial charge on any atom is -0.425 e. The predicted molar refractivity (Wildman–Crippen MR) is 125 cm³/mol. The van der Waals surface area contributed by atoms with Gasteiger partial charge in [0.2, 0.25) is 5.91 Å². The number of carbonyl (C=O) groups excluding carboxylic acids is 3. The number of aliphatic hydroxyl groups excluding tert-OH is 2. The number of carbonyl (C=O) groups is 3. The monoisotopic (exact) mass is 518 g/mol. The molecule has 5 rings (SSSR count). The minimum atomic E-state index is -1.43. The molecule has 3 amide bonds. The first-order valence-corrected chi connectivity index (χ1v) is 12.3. The molecule has 37 heavy (non-hydrogen) atoms. The molecule has 0 radical (unpaired) electrons. The first-order valence-electron chi connectivity index (χ1n) is 12.3. The first-order chi connectivity index (χ1) is 17.7. The number of hydrogen-bond acceptors (Lipinski definition) is 11. The number of piperidine rings is 1. The Balaban J connectivity index is 1.25. The van der Waals surface area contributed by atoms with Gasteiger partial charge in [-0.15, -0.1) is 0 Å². The highest BCUT2D eigenvalue weighted by Gasteiger charge is 2.47. The van der Waals surface area contributed by atoms with Gasteiger partial charge in [-0.05, 0) is 25.7 Å². The third-order valence-corrected chi connectivity index (χ3v) is 6.90. The van der Waals surface area contributed by atoms with Gasteiger partial charge in [0.25, 0.3) is 5.91 Å². The Labute approximate surface area is 211 Å². The van der Waals surface area contributed by atoms with Gasteiger partial charge in [0.15, 0.2) is 30.0 Å². The van der Waals surface area contributed by atoms with E-state index in [0.29, 0.717) is 55.9 Å². The van der Waals surface area contributed by atoms with Crippen molar-refractivity contribution < 1.29 is 34.1 Å². The maximum absolute atomic E-state index is 12.3. The van der Waals surface area contributed by atoms with Crippen molar-refractivity contribution in [2.45, 2.75) is 63.4 Å².